The van der Waals surface area contributed by atoms with E-state index in [0.29, 0.717) is 18.4 Å². The number of carbonyl (C=O) groups is 2. The Balaban J connectivity index is 2.11. The standard InChI is InChI=1S/C20H34N2O4/c1-18(2,3)25-16(23)21-22(17(24)26-19(4,5)6)12-13-9-10-14-11-15(13)20(14,7)8/h9,14-15H,10-12H2,1-8H3,(H,21,23)/t14-,15-/m1/s1. The molecule has 0 heterocycles. The van der Waals surface area contributed by atoms with Crippen molar-refractivity contribution in [3.05, 3.63) is 11.6 Å². The molecular formula is C20H34N2O4. The van der Waals surface area contributed by atoms with Crippen LogP contribution in [0.1, 0.15) is 68.2 Å². The number of allylic oxidation sites excluding steroid dienone is 1. The van der Waals surface area contributed by atoms with Crippen molar-refractivity contribution >= 4 is 12.2 Å². The minimum absolute atomic E-state index is 0.246. The zero-order chi connectivity index (χ0) is 19.9. The van der Waals surface area contributed by atoms with E-state index in [9.17, 15) is 9.59 Å². The second-order valence-corrected chi connectivity index (χ2v) is 10.0. The van der Waals surface area contributed by atoms with Gasteiger partial charge in [-0.1, -0.05) is 19.9 Å². The summed E-state index contributed by atoms with van der Waals surface area (Å²) in [4.78, 5) is 24.8. The molecule has 26 heavy (non-hydrogen) atoms. The van der Waals surface area contributed by atoms with Gasteiger partial charge in [0.1, 0.15) is 11.2 Å². The number of hydrazine groups is 1. The monoisotopic (exact) mass is 366 g/mol. The molecule has 2 bridgehead atoms. The zero-order valence-corrected chi connectivity index (χ0v) is 17.4. The second-order valence-electron chi connectivity index (χ2n) is 10.0. The van der Waals surface area contributed by atoms with Gasteiger partial charge < -0.3 is 9.47 Å². The van der Waals surface area contributed by atoms with Crippen molar-refractivity contribution in [1.29, 1.82) is 0 Å². The maximum Gasteiger partial charge on any atom is 0.429 e. The molecule has 3 rings (SSSR count). The van der Waals surface area contributed by atoms with E-state index in [1.165, 1.54) is 10.6 Å². The van der Waals surface area contributed by atoms with E-state index in [2.05, 4.69) is 25.3 Å². The van der Waals surface area contributed by atoms with Crippen LogP contribution in [-0.2, 0) is 9.47 Å². The lowest BCUT2D eigenvalue weighted by Gasteiger charge is -2.56. The molecule has 0 aromatic rings. The molecule has 148 valence electrons. The molecule has 1 saturated carbocycles. The first kappa shape index (κ1) is 20.6. The summed E-state index contributed by atoms with van der Waals surface area (Å²) in [5, 5.41) is 1.24. The fraction of sp³-hybridized carbons (Fsp3) is 0.800. The third kappa shape index (κ3) is 4.92. The summed E-state index contributed by atoms with van der Waals surface area (Å²) >= 11 is 0. The molecule has 1 N–H and O–H groups in total. The Morgan fingerprint density at radius 1 is 1.15 bits per heavy atom. The molecule has 0 radical (unpaired) electrons. The van der Waals surface area contributed by atoms with Crippen molar-refractivity contribution in [2.75, 3.05) is 6.54 Å². The van der Waals surface area contributed by atoms with Crippen LogP contribution in [0.25, 0.3) is 0 Å². The summed E-state index contributed by atoms with van der Waals surface area (Å²) in [6, 6.07) is 0. The Morgan fingerprint density at radius 2 is 1.73 bits per heavy atom. The number of nitrogens with one attached hydrogen (secondary N) is 1. The highest BCUT2D eigenvalue weighted by atomic mass is 16.6. The molecular weight excluding hydrogens is 332 g/mol. The molecule has 2 atom stereocenters. The number of ether oxygens (including phenoxy) is 2. The predicted octanol–water partition coefficient (Wildman–Crippen LogP) is 4.66. The van der Waals surface area contributed by atoms with Gasteiger partial charge in [0.05, 0.1) is 6.54 Å². The van der Waals surface area contributed by atoms with Crippen molar-refractivity contribution in [3.8, 4) is 0 Å². The van der Waals surface area contributed by atoms with Crippen LogP contribution < -0.4 is 5.43 Å². The predicted molar refractivity (Wildman–Crippen MR) is 100 cm³/mol. The molecule has 0 spiro atoms. The Kier molecular flexibility index (Phi) is 5.37. The highest BCUT2D eigenvalue weighted by Crippen LogP contribution is 2.59. The minimum Gasteiger partial charge on any atom is -0.443 e. The van der Waals surface area contributed by atoms with Crippen molar-refractivity contribution in [2.45, 2.75) is 79.4 Å². The van der Waals surface area contributed by atoms with E-state index in [4.69, 9.17) is 9.47 Å². The SMILES string of the molecule is CC(C)(C)OC(=O)NN(CC1=CC[C@@H]2C[C@H]1C2(C)C)C(=O)OC(C)(C)C. The van der Waals surface area contributed by atoms with E-state index < -0.39 is 23.4 Å². The van der Waals surface area contributed by atoms with Crippen LogP contribution in [-0.4, -0.2) is 34.9 Å². The summed E-state index contributed by atoms with van der Waals surface area (Å²) in [6.45, 7) is 15.6. The van der Waals surface area contributed by atoms with Crippen LogP contribution in [0.5, 0.6) is 0 Å². The van der Waals surface area contributed by atoms with E-state index in [-0.39, 0.29) is 5.41 Å². The number of rotatable bonds is 2. The van der Waals surface area contributed by atoms with Crippen molar-refractivity contribution in [1.82, 2.24) is 10.4 Å². The van der Waals surface area contributed by atoms with Crippen molar-refractivity contribution in [2.24, 2.45) is 17.3 Å². The van der Waals surface area contributed by atoms with E-state index >= 15 is 0 Å². The van der Waals surface area contributed by atoms with Crippen LogP contribution in [0.2, 0.25) is 0 Å². The van der Waals surface area contributed by atoms with Gasteiger partial charge in [-0.15, -0.1) is 0 Å². The van der Waals surface area contributed by atoms with Crippen LogP contribution in [0, 0.1) is 17.3 Å². The van der Waals surface area contributed by atoms with E-state index in [1.807, 2.05) is 0 Å². The Bertz CT molecular complexity index is 596. The van der Waals surface area contributed by atoms with Crippen LogP contribution in [0.4, 0.5) is 9.59 Å². The summed E-state index contributed by atoms with van der Waals surface area (Å²) in [7, 11) is 0. The summed E-state index contributed by atoms with van der Waals surface area (Å²) < 4.78 is 10.8. The van der Waals surface area contributed by atoms with Crippen LogP contribution >= 0.6 is 0 Å². The number of nitrogens with zero attached hydrogens (tertiary/aromatic N) is 1. The Hall–Kier alpha value is -1.72. The second kappa shape index (κ2) is 6.78. The van der Waals surface area contributed by atoms with Crippen molar-refractivity contribution in [3.63, 3.8) is 0 Å². The smallest absolute Gasteiger partial charge is 0.429 e. The van der Waals surface area contributed by atoms with Crippen LogP contribution in [0.15, 0.2) is 11.6 Å². The molecule has 0 saturated heterocycles. The molecule has 0 aliphatic heterocycles. The largest absolute Gasteiger partial charge is 0.443 e. The summed E-state index contributed by atoms with van der Waals surface area (Å²) in [6.07, 6.45) is 3.13. The zero-order valence-electron chi connectivity index (χ0n) is 17.4. The maximum absolute atomic E-state index is 12.6. The highest BCUT2D eigenvalue weighted by molar-refractivity contribution is 5.74. The Labute approximate surface area is 157 Å². The van der Waals surface area contributed by atoms with Crippen molar-refractivity contribution < 1.29 is 19.1 Å². The van der Waals surface area contributed by atoms with Gasteiger partial charge in [-0.2, -0.15) is 0 Å². The maximum atomic E-state index is 12.6. The molecule has 0 unspecified atom stereocenters. The third-order valence-corrected chi connectivity index (χ3v) is 5.16. The lowest BCUT2D eigenvalue weighted by molar-refractivity contribution is -0.0196. The summed E-state index contributed by atoms with van der Waals surface area (Å²) in [5.41, 5.74) is 2.70. The molecule has 1 fully saturated rings. The van der Waals surface area contributed by atoms with E-state index in [1.54, 1.807) is 41.5 Å². The minimum atomic E-state index is -0.662. The topological polar surface area (TPSA) is 67.9 Å². The average Bonchev–Trinajstić information content (AvgIpc) is 2.42. The summed E-state index contributed by atoms with van der Waals surface area (Å²) in [5.74, 6) is 1.15. The molecule has 3 aliphatic carbocycles. The number of hydrogen-bond acceptors (Lipinski definition) is 4. The average molecular weight is 367 g/mol. The molecule has 6 heteroatoms. The van der Waals surface area contributed by atoms with Gasteiger partial charge >= 0.3 is 12.2 Å². The molecule has 6 nitrogen and oxygen atoms in total. The first-order valence-corrected chi connectivity index (χ1v) is 9.38. The van der Waals surface area contributed by atoms with Crippen LogP contribution in [0.3, 0.4) is 0 Å². The van der Waals surface area contributed by atoms with Gasteiger partial charge in [-0.05, 0) is 77.2 Å². The van der Waals surface area contributed by atoms with Gasteiger partial charge in [-0.25, -0.2) is 20.0 Å². The number of carbonyl (C=O) groups excluding carboxylic acids is 2. The lowest BCUT2D eigenvalue weighted by atomic mass is 9.49. The molecule has 0 aromatic carbocycles. The molecule has 3 aliphatic rings. The molecule has 0 aromatic heterocycles. The fourth-order valence-corrected chi connectivity index (χ4v) is 3.72. The van der Waals surface area contributed by atoms with Gasteiger partial charge in [-0.3, -0.25) is 0 Å². The highest BCUT2D eigenvalue weighted by Gasteiger charge is 2.51. The van der Waals surface area contributed by atoms with Gasteiger partial charge in [0.2, 0.25) is 0 Å². The van der Waals surface area contributed by atoms with Gasteiger partial charge in [0.25, 0.3) is 0 Å². The van der Waals surface area contributed by atoms with E-state index in [0.717, 1.165) is 12.8 Å². The lowest BCUT2D eigenvalue weighted by Crippen LogP contribution is -2.54. The quantitative estimate of drug-likeness (QED) is 0.570. The normalized spacial score (nSPS) is 24.1. The number of amides is 2. The first-order valence-electron chi connectivity index (χ1n) is 9.38. The Morgan fingerprint density at radius 3 is 2.19 bits per heavy atom. The number of fused-ring (bicyclic) bond motifs is 1. The first-order chi connectivity index (χ1) is 11.7. The van der Waals surface area contributed by atoms with Gasteiger partial charge in [0.15, 0.2) is 0 Å². The fourth-order valence-electron chi connectivity index (χ4n) is 3.72. The van der Waals surface area contributed by atoms with Gasteiger partial charge in [0, 0.05) is 0 Å². The third-order valence-electron chi connectivity index (χ3n) is 5.16. The molecule has 2 amide bonds. The number of hydrogen-bond donors (Lipinski definition) is 1.